The van der Waals surface area contributed by atoms with Gasteiger partial charge in [-0.15, -0.1) is 11.8 Å². The number of nitro groups is 1. The third kappa shape index (κ3) is 8.92. The minimum atomic E-state index is -5.77. The zero-order valence-electron chi connectivity index (χ0n) is 27.1. The number of rotatable bonds is 11. The normalized spacial score (nSPS) is 12.1. The molecule has 1 atom stereocenters. The molecule has 0 aliphatic carbocycles. The van der Waals surface area contributed by atoms with Crippen LogP contribution in [0.5, 0.6) is 0 Å². The van der Waals surface area contributed by atoms with E-state index in [2.05, 4.69) is 10.6 Å². The molecule has 0 aromatic heterocycles. The van der Waals surface area contributed by atoms with Gasteiger partial charge in [-0.2, -0.15) is 13.2 Å². The molecule has 3 N–H and O–H groups in total. The standard InChI is InChI=1S/C37H23F7N4O5S/c38-28-27(37(42,43)44)29(39)31(41)32(30(28)40)47-36(51)33(20-9-3-1-4-10-20)54-24-17-15-23(16-18-24)45-35(50)25(46-34(49)21-11-5-2-6-12-21)19-22-13-7-8-14-26(22)48(52)53/h1-19,33H,(H,45,50)(H,46,49)(H,47,51)/b25-19-. The molecule has 0 heterocycles. The average molecular weight is 769 g/mol. The lowest BCUT2D eigenvalue weighted by Gasteiger charge is -2.19. The molecule has 1 unspecified atom stereocenters. The number of nitrogens with zero attached hydrogens (tertiary/aromatic N) is 1. The lowest BCUT2D eigenvalue weighted by molar-refractivity contribution is -0.385. The van der Waals surface area contributed by atoms with Crippen molar-refractivity contribution in [3.63, 3.8) is 0 Å². The van der Waals surface area contributed by atoms with E-state index < -0.39 is 68.6 Å². The Morgan fingerprint density at radius 1 is 0.722 bits per heavy atom. The SMILES string of the molecule is O=C(Nc1ccc(SC(C(=O)Nc2c(F)c(F)c(C(F)(F)F)c(F)c2F)c2ccccc2)cc1)/C(=C/c1ccccc1[N+](=O)[O-])NC(=O)c1ccccc1. The number of hydrogen-bond acceptors (Lipinski definition) is 6. The zero-order valence-corrected chi connectivity index (χ0v) is 27.9. The summed E-state index contributed by atoms with van der Waals surface area (Å²) >= 11 is 0.773. The van der Waals surface area contributed by atoms with E-state index in [-0.39, 0.29) is 33.8 Å². The number of alkyl halides is 3. The maximum absolute atomic E-state index is 14.6. The van der Waals surface area contributed by atoms with Gasteiger partial charge >= 0.3 is 6.18 Å². The smallest absolute Gasteiger partial charge is 0.321 e. The summed E-state index contributed by atoms with van der Waals surface area (Å²) < 4.78 is 97.0. The highest BCUT2D eigenvalue weighted by molar-refractivity contribution is 8.00. The molecule has 0 aliphatic heterocycles. The molecule has 0 saturated heterocycles. The van der Waals surface area contributed by atoms with E-state index in [1.807, 2.05) is 0 Å². The zero-order chi connectivity index (χ0) is 39.2. The highest BCUT2D eigenvalue weighted by Crippen LogP contribution is 2.41. The maximum Gasteiger partial charge on any atom is 0.422 e. The van der Waals surface area contributed by atoms with Gasteiger partial charge in [-0.05, 0) is 54.1 Å². The Morgan fingerprint density at radius 2 is 1.28 bits per heavy atom. The summed E-state index contributed by atoms with van der Waals surface area (Å²) in [6, 6.07) is 26.4. The van der Waals surface area contributed by atoms with Crippen molar-refractivity contribution in [3.05, 3.63) is 171 Å². The largest absolute Gasteiger partial charge is 0.422 e. The molecular weight excluding hydrogens is 745 g/mol. The molecule has 5 rings (SSSR count). The Balaban J connectivity index is 1.39. The van der Waals surface area contributed by atoms with Gasteiger partial charge in [-0.3, -0.25) is 24.5 Å². The number of benzene rings is 5. The Morgan fingerprint density at radius 3 is 1.85 bits per heavy atom. The molecule has 276 valence electrons. The molecule has 0 saturated carbocycles. The molecule has 54 heavy (non-hydrogen) atoms. The lowest BCUT2D eigenvalue weighted by atomic mass is 10.1. The number of para-hydroxylation sites is 1. The fourth-order valence-electron chi connectivity index (χ4n) is 4.90. The average Bonchev–Trinajstić information content (AvgIpc) is 3.15. The summed E-state index contributed by atoms with van der Waals surface area (Å²) in [7, 11) is 0. The van der Waals surface area contributed by atoms with Crippen molar-refractivity contribution in [2.45, 2.75) is 16.3 Å². The highest BCUT2D eigenvalue weighted by Gasteiger charge is 2.43. The summed E-state index contributed by atoms with van der Waals surface area (Å²) in [6.45, 7) is 0. The topological polar surface area (TPSA) is 130 Å². The molecule has 0 bridgehead atoms. The van der Waals surface area contributed by atoms with E-state index in [9.17, 15) is 55.2 Å². The van der Waals surface area contributed by atoms with Gasteiger partial charge in [0.2, 0.25) is 5.91 Å². The van der Waals surface area contributed by atoms with Gasteiger partial charge in [-0.25, -0.2) is 17.6 Å². The monoisotopic (exact) mass is 768 g/mol. The van der Waals surface area contributed by atoms with E-state index in [4.69, 9.17) is 0 Å². The van der Waals surface area contributed by atoms with Crippen LogP contribution in [0, 0.1) is 33.4 Å². The van der Waals surface area contributed by atoms with E-state index in [1.54, 1.807) is 29.6 Å². The number of thioether (sulfide) groups is 1. The van der Waals surface area contributed by atoms with Gasteiger partial charge in [0.05, 0.1) is 10.5 Å². The van der Waals surface area contributed by atoms with Gasteiger partial charge in [-0.1, -0.05) is 60.7 Å². The fraction of sp³-hybridized carbons (Fsp3) is 0.0541. The summed E-state index contributed by atoms with van der Waals surface area (Å²) in [6.07, 6.45) is -4.65. The fourth-order valence-corrected chi connectivity index (χ4v) is 5.93. The van der Waals surface area contributed by atoms with Crippen LogP contribution in [0.3, 0.4) is 0 Å². The van der Waals surface area contributed by atoms with E-state index in [1.165, 1.54) is 84.9 Å². The number of halogens is 7. The molecule has 0 spiro atoms. The third-order valence-corrected chi connectivity index (χ3v) is 8.73. The van der Waals surface area contributed by atoms with Crippen LogP contribution in [0.4, 0.5) is 47.8 Å². The van der Waals surface area contributed by atoms with Crippen molar-refractivity contribution in [2.24, 2.45) is 0 Å². The number of carbonyl (C=O) groups excluding carboxylic acids is 3. The number of nitro benzene ring substituents is 1. The second-order valence-corrected chi connectivity index (χ2v) is 12.3. The second-order valence-electron chi connectivity index (χ2n) is 11.1. The van der Waals surface area contributed by atoms with Crippen molar-refractivity contribution in [2.75, 3.05) is 10.6 Å². The number of hydrogen-bond donors (Lipinski definition) is 3. The quantitative estimate of drug-likeness (QED) is 0.0307. The predicted octanol–water partition coefficient (Wildman–Crippen LogP) is 9.05. The minimum Gasteiger partial charge on any atom is -0.321 e. The number of nitrogens with one attached hydrogen (secondary N) is 3. The van der Waals surface area contributed by atoms with Crippen molar-refractivity contribution >= 4 is 52.6 Å². The number of anilines is 2. The molecule has 9 nitrogen and oxygen atoms in total. The van der Waals surface area contributed by atoms with Gasteiger partial charge in [0.15, 0.2) is 23.3 Å². The van der Waals surface area contributed by atoms with Crippen LogP contribution in [0.15, 0.2) is 120 Å². The first-order valence-corrected chi connectivity index (χ1v) is 16.2. The Kier molecular flexibility index (Phi) is 11.8. The van der Waals surface area contributed by atoms with Crippen LogP contribution in [-0.4, -0.2) is 22.6 Å². The van der Waals surface area contributed by atoms with Crippen molar-refractivity contribution in [1.82, 2.24) is 5.32 Å². The van der Waals surface area contributed by atoms with E-state index in [0.717, 1.165) is 17.8 Å². The molecule has 0 fully saturated rings. The van der Waals surface area contributed by atoms with Crippen LogP contribution < -0.4 is 16.0 Å². The molecule has 5 aromatic rings. The molecule has 0 aliphatic rings. The molecule has 5 aromatic carbocycles. The number of amides is 3. The van der Waals surface area contributed by atoms with Crippen LogP contribution >= 0.6 is 11.8 Å². The molecule has 0 radical (unpaired) electrons. The van der Waals surface area contributed by atoms with Crippen LogP contribution in [-0.2, 0) is 15.8 Å². The summed E-state index contributed by atoms with van der Waals surface area (Å²) in [5, 5.41) is 16.9. The van der Waals surface area contributed by atoms with Crippen molar-refractivity contribution in [1.29, 1.82) is 0 Å². The summed E-state index contributed by atoms with van der Waals surface area (Å²) in [5.41, 5.74) is -4.67. The highest BCUT2D eigenvalue weighted by atomic mass is 32.2. The van der Waals surface area contributed by atoms with Crippen molar-refractivity contribution in [3.8, 4) is 0 Å². The lowest BCUT2D eigenvalue weighted by Crippen LogP contribution is -2.30. The summed E-state index contributed by atoms with van der Waals surface area (Å²) in [4.78, 5) is 51.0. The second kappa shape index (κ2) is 16.5. The van der Waals surface area contributed by atoms with Gasteiger partial charge < -0.3 is 16.0 Å². The third-order valence-electron chi connectivity index (χ3n) is 7.46. The Bertz CT molecular complexity index is 2230. The Hall–Kier alpha value is -6.49. The van der Waals surface area contributed by atoms with Crippen molar-refractivity contribution < 1.29 is 50.0 Å². The first kappa shape index (κ1) is 38.7. The van der Waals surface area contributed by atoms with Crippen LogP contribution in [0.25, 0.3) is 6.08 Å². The molecule has 17 heteroatoms. The Labute approximate surface area is 305 Å². The van der Waals surface area contributed by atoms with Crippen LogP contribution in [0.2, 0.25) is 0 Å². The summed E-state index contributed by atoms with van der Waals surface area (Å²) in [5.74, 6) is -13.2. The van der Waals surface area contributed by atoms with E-state index in [0.29, 0.717) is 4.90 Å². The van der Waals surface area contributed by atoms with Gasteiger partial charge in [0.1, 0.15) is 22.2 Å². The van der Waals surface area contributed by atoms with Crippen LogP contribution in [0.1, 0.15) is 32.3 Å². The van der Waals surface area contributed by atoms with Gasteiger partial charge in [0.25, 0.3) is 17.5 Å². The molecular formula is C37H23F7N4O5S. The first-order chi connectivity index (χ1) is 25.6. The van der Waals surface area contributed by atoms with Gasteiger partial charge in [0, 0.05) is 22.2 Å². The molecule has 3 amide bonds. The first-order valence-electron chi connectivity index (χ1n) is 15.3. The minimum absolute atomic E-state index is 0.0134. The maximum atomic E-state index is 14.6. The van der Waals surface area contributed by atoms with E-state index >= 15 is 0 Å². The number of carbonyl (C=O) groups is 3. The predicted molar refractivity (Wildman–Crippen MR) is 185 cm³/mol.